The zero-order valence-electron chi connectivity index (χ0n) is 10.9. The van der Waals surface area contributed by atoms with E-state index in [0.717, 1.165) is 6.26 Å². The van der Waals surface area contributed by atoms with E-state index in [2.05, 4.69) is 0 Å². The summed E-state index contributed by atoms with van der Waals surface area (Å²) in [5.74, 6) is 0.979. The van der Waals surface area contributed by atoms with Crippen LogP contribution in [0.5, 0.6) is 11.5 Å². The first-order valence-corrected chi connectivity index (χ1v) is 7.35. The van der Waals surface area contributed by atoms with Crippen molar-refractivity contribution in [2.24, 2.45) is 0 Å². The predicted molar refractivity (Wildman–Crippen MR) is 68.8 cm³/mol. The fourth-order valence-corrected chi connectivity index (χ4v) is 2.16. The molecule has 6 heteroatoms. The molecule has 0 radical (unpaired) electrons. The van der Waals surface area contributed by atoms with Crippen molar-refractivity contribution in [1.29, 1.82) is 0 Å². The molecular weight excluding hydrogens is 256 g/mol. The molecule has 0 saturated carbocycles. The van der Waals surface area contributed by atoms with Gasteiger partial charge in [-0.2, -0.15) is 0 Å². The van der Waals surface area contributed by atoms with Crippen molar-refractivity contribution >= 4 is 9.84 Å². The number of benzene rings is 1. The van der Waals surface area contributed by atoms with E-state index in [4.69, 9.17) is 9.47 Å². The number of ether oxygens (including phenoxy) is 2. The number of hydrogen-bond acceptors (Lipinski definition) is 5. The van der Waals surface area contributed by atoms with Gasteiger partial charge in [0.1, 0.15) is 11.5 Å². The van der Waals surface area contributed by atoms with Gasteiger partial charge in [-0.1, -0.05) is 0 Å². The molecule has 0 fully saturated rings. The summed E-state index contributed by atoms with van der Waals surface area (Å²) in [5, 5.41) is 9.20. The minimum Gasteiger partial charge on any atom is -0.497 e. The van der Waals surface area contributed by atoms with Crippen LogP contribution in [0.1, 0.15) is 18.6 Å². The molecule has 0 aliphatic rings. The topological polar surface area (TPSA) is 72.8 Å². The lowest BCUT2D eigenvalue weighted by molar-refractivity contribution is 0.171. The largest absolute Gasteiger partial charge is 0.497 e. The highest BCUT2D eigenvalue weighted by molar-refractivity contribution is 7.91. The summed E-state index contributed by atoms with van der Waals surface area (Å²) in [6, 6.07) is 4.85. The Kier molecular flexibility index (Phi) is 4.59. The molecule has 5 nitrogen and oxygen atoms in total. The summed E-state index contributed by atoms with van der Waals surface area (Å²) in [7, 11) is -0.355. The first-order chi connectivity index (χ1) is 8.31. The summed E-state index contributed by atoms with van der Waals surface area (Å²) in [4.78, 5) is 0. The second-order valence-corrected chi connectivity index (χ2v) is 6.49. The molecule has 0 heterocycles. The van der Waals surface area contributed by atoms with Gasteiger partial charge < -0.3 is 14.6 Å². The Bertz CT molecular complexity index is 509. The van der Waals surface area contributed by atoms with Crippen LogP contribution in [0.25, 0.3) is 0 Å². The average Bonchev–Trinajstić information content (AvgIpc) is 2.35. The zero-order valence-corrected chi connectivity index (χ0v) is 11.7. The standard InChI is InChI=1S/C12H18O5S/c1-8(18(4,14)15)12(13)10-6-5-9(16-2)7-11(10)17-3/h5-8,12-13H,1-4H3. The smallest absolute Gasteiger partial charge is 0.152 e. The van der Waals surface area contributed by atoms with Gasteiger partial charge in [-0.15, -0.1) is 0 Å². The second-order valence-electron chi connectivity index (χ2n) is 4.09. The van der Waals surface area contributed by atoms with Crippen molar-refractivity contribution in [2.45, 2.75) is 18.3 Å². The SMILES string of the molecule is COc1ccc(C(O)C(C)S(C)(=O)=O)c(OC)c1. The monoisotopic (exact) mass is 274 g/mol. The lowest BCUT2D eigenvalue weighted by atomic mass is 10.1. The molecule has 18 heavy (non-hydrogen) atoms. The Balaban J connectivity index is 3.17. The van der Waals surface area contributed by atoms with E-state index < -0.39 is 21.2 Å². The van der Waals surface area contributed by atoms with Crippen LogP contribution in [0.4, 0.5) is 0 Å². The van der Waals surface area contributed by atoms with Crippen molar-refractivity contribution < 1.29 is 23.0 Å². The van der Waals surface area contributed by atoms with Crippen molar-refractivity contribution in [3.63, 3.8) is 0 Å². The molecule has 1 rings (SSSR count). The third kappa shape index (κ3) is 3.14. The Morgan fingerprint density at radius 3 is 2.28 bits per heavy atom. The number of aliphatic hydroxyl groups is 1. The molecule has 102 valence electrons. The summed E-state index contributed by atoms with van der Waals surface area (Å²) in [6.45, 7) is 1.46. The van der Waals surface area contributed by atoms with E-state index in [1.807, 2.05) is 0 Å². The highest BCUT2D eigenvalue weighted by Crippen LogP contribution is 2.32. The number of methoxy groups -OCH3 is 2. The molecule has 0 spiro atoms. The molecule has 0 aromatic heterocycles. The number of sulfone groups is 1. The number of rotatable bonds is 5. The first-order valence-electron chi connectivity index (χ1n) is 5.40. The van der Waals surface area contributed by atoms with Crippen LogP contribution in [-0.2, 0) is 9.84 Å². The molecule has 0 amide bonds. The summed E-state index contributed by atoms with van der Waals surface area (Å²) < 4.78 is 33.1. The highest BCUT2D eigenvalue weighted by Gasteiger charge is 2.27. The fraction of sp³-hybridized carbons (Fsp3) is 0.500. The van der Waals surface area contributed by atoms with Gasteiger partial charge in [0, 0.05) is 17.9 Å². The fourth-order valence-electron chi connectivity index (χ4n) is 1.55. The number of aliphatic hydroxyl groups excluding tert-OH is 1. The van der Waals surface area contributed by atoms with Crippen molar-refractivity contribution in [3.05, 3.63) is 23.8 Å². The van der Waals surface area contributed by atoms with Gasteiger partial charge in [-0.3, -0.25) is 0 Å². The van der Waals surface area contributed by atoms with Crippen LogP contribution >= 0.6 is 0 Å². The molecule has 1 N–H and O–H groups in total. The van der Waals surface area contributed by atoms with Gasteiger partial charge in [0.2, 0.25) is 0 Å². The second kappa shape index (κ2) is 5.58. The van der Waals surface area contributed by atoms with Gasteiger partial charge in [-0.05, 0) is 19.1 Å². The minimum atomic E-state index is -3.33. The van der Waals surface area contributed by atoms with Crippen LogP contribution in [0.15, 0.2) is 18.2 Å². The Morgan fingerprint density at radius 2 is 1.83 bits per heavy atom. The predicted octanol–water partition coefficient (Wildman–Crippen LogP) is 1.17. The maximum Gasteiger partial charge on any atom is 0.152 e. The Labute approximate surface area is 107 Å². The van der Waals surface area contributed by atoms with E-state index in [1.165, 1.54) is 21.1 Å². The van der Waals surface area contributed by atoms with Gasteiger partial charge in [-0.25, -0.2) is 8.42 Å². The Hall–Kier alpha value is -1.27. The van der Waals surface area contributed by atoms with E-state index in [9.17, 15) is 13.5 Å². The lowest BCUT2D eigenvalue weighted by Crippen LogP contribution is -2.24. The van der Waals surface area contributed by atoms with E-state index in [1.54, 1.807) is 18.2 Å². The first kappa shape index (κ1) is 14.8. The molecule has 1 aromatic carbocycles. The van der Waals surface area contributed by atoms with Gasteiger partial charge in [0.05, 0.1) is 25.6 Å². The van der Waals surface area contributed by atoms with Gasteiger partial charge in [0.15, 0.2) is 9.84 Å². The normalized spacial score (nSPS) is 14.9. The quantitative estimate of drug-likeness (QED) is 0.872. The van der Waals surface area contributed by atoms with Crippen LogP contribution in [0, 0.1) is 0 Å². The van der Waals surface area contributed by atoms with Crippen LogP contribution in [0.3, 0.4) is 0 Å². The van der Waals surface area contributed by atoms with Crippen molar-refractivity contribution in [1.82, 2.24) is 0 Å². The zero-order chi connectivity index (χ0) is 13.9. The van der Waals surface area contributed by atoms with E-state index in [0.29, 0.717) is 17.1 Å². The third-order valence-electron chi connectivity index (χ3n) is 2.88. The maximum atomic E-state index is 11.4. The molecule has 1 aromatic rings. The van der Waals surface area contributed by atoms with Crippen molar-refractivity contribution in [3.8, 4) is 11.5 Å². The van der Waals surface area contributed by atoms with Crippen LogP contribution < -0.4 is 9.47 Å². The van der Waals surface area contributed by atoms with Gasteiger partial charge >= 0.3 is 0 Å². The molecule has 0 aliphatic carbocycles. The average molecular weight is 274 g/mol. The summed E-state index contributed by atoms with van der Waals surface area (Å²) in [6.07, 6.45) is -0.0440. The maximum absolute atomic E-state index is 11.4. The van der Waals surface area contributed by atoms with Crippen LogP contribution in [-0.4, -0.2) is 39.2 Å². The molecule has 2 unspecified atom stereocenters. The third-order valence-corrected chi connectivity index (χ3v) is 4.49. The lowest BCUT2D eigenvalue weighted by Gasteiger charge is -2.20. The van der Waals surface area contributed by atoms with Crippen LogP contribution in [0.2, 0.25) is 0 Å². The molecule has 0 saturated heterocycles. The van der Waals surface area contributed by atoms with Gasteiger partial charge in [0.25, 0.3) is 0 Å². The Morgan fingerprint density at radius 1 is 1.22 bits per heavy atom. The molecular formula is C12H18O5S. The number of hydrogen-bond donors (Lipinski definition) is 1. The highest BCUT2D eigenvalue weighted by atomic mass is 32.2. The van der Waals surface area contributed by atoms with Crippen molar-refractivity contribution in [2.75, 3.05) is 20.5 Å². The summed E-state index contributed by atoms with van der Waals surface area (Å²) >= 11 is 0. The van der Waals surface area contributed by atoms with E-state index >= 15 is 0 Å². The summed E-state index contributed by atoms with van der Waals surface area (Å²) in [5.41, 5.74) is 0.427. The van der Waals surface area contributed by atoms with E-state index in [-0.39, 0.29) is 0 Å². The molecule has 2 atom stereocenters. The molecule has 0 aliphatic heterocycles. The molecule has 0 bridgehead atoms. The minimum absolute atomic E-state index is 0.400.